The number of amides is 1. The Kier molecular flexibility index (Phi) is 11.2. The van der Waals surface area contributed by atoms with Crippen LogP contribution in [0.5, 0.6) is 0 Å². The Balaban J connectivity index is 1.59. The first-order valence-electron chi connectivity index (χ1n) is 16.1. The Labute approximate surface area is 268 Å². The van der Waals surface area contributed by atoms with Crippen LogP contribution in [0.1, 0.15) is 72.3 Å². The van der Waals surface area contributed by atoms with Crippen molar-refractivity contribution in [3.05, 3.63) is 47.6 Å². The van der Waals surface area contributed by atoms with Crippen molar-refractivity contribution in [1.82, 2.24) is 14.5 Å². The molecule has 1 saturated carbocycles. The topological polar surface area (TPSA) is 125 Å². The third kappa shape index (κ3) is 9.40. The van der Waals surface area contributed by atoms with Gasteiger partial charge in [0.05, 0.1) is 17.0 Å². The molecule has 4 atom stereocenters. The molecule has 0 bridgehead atoms. The van der Waals surface area contributed by atoms with Crippen LogP contribution in [-0.2, 0) is 24.3 Å². The SMILES string of the molecule is C/C(=C\c1cccc(S(=O)(=O)NC(C)(C)CO)c1)[C@H]1OC(=O)C[C@H](C)CCC2(CC2)[C@@H](OC(=O)N2CCN(C)CC2)/C=C/[C@@H]1C. The number of ether oxygens (including phenoxy) is 2. The van der Waals surface area contributed by atoms with Crippen molar-refractivity contribution in [2.45, 2.75) is 89.4 Å². The van der Waals surface area contributed by atoms with Crippen LogP contribution in [0.3, 0.4) is 0 Å². The minimum Gasteiger partial charge on any atom is -0.457 e. The molecule has 10 nitrogen and oxygen atoms in total. The molecule has 0 aromatic heterocycles. The summed E-state index contributed by atoms with van der Waals surface area (Å²) in [4.78, 5) is 30.4. The molecule has 1 aromatic carbocycles. The maximum absolute atomic E-state index is 13.2. The van der Waals surface area contributed by atoms with Crippen molar-refractivity contribution in [3.8, 4) is 0 Å². The first-order chi connectivity index (χ1) is 21.1. The quantitative estimate of drug-likeness (QED) is 0.326. The minimum atomic E-state index is -3.88. The fourth-order valence-corrected chi connectivity index (χ4v) is 7.51. The largest absolute Gasteiger partial charge is 0.457 e. The summed E-state index contributed by atoms with van der Waals surface area (Å²) in [5.74, 6) is -0.389. The number of piperazine rings is 1. The molecular weight excluding hydrogens is 594 g/mol. The highest BCUT2D eigenvalue weighted by Gasteiger charge is 2.50. The van der Waals surface area contributed by atoms with Crippen LogP contribution < -0.4 is 4.72 Å². The Bertz CT molecular complexity index is 1380. The van der Waals surface area contributed by atoms with Crippen molar-refractivity contribution in [3.63, 3.8) is 0 Å². The number of benzene rings is 1. The number of carbonyl (C=O) groups excluding carboxylic acids is 2. The lowest BCUT2D eigenvalue weighted by Gasteiger charge is -2.34. The Morgan fingerprint density at radius 1 is 1.16 bits per heavy atom. The molecule has 1 saturated heterocycles. The first-order valence-corrected chi connectivity index (χ1v) is 17.6. The summed E-state index contributed by atoms with van der Waals surface area (Å²) in [6, 6.07) is 6.52. The number of rotatable bonds is 7. The zero-order valence-electron chi connectivity index (χ0n) is 27.6. The number of likely N-dealkylation sites (N-methyl/N-ethyl adjacent to an activating group) is 1. The molecule has 250 valence electrons. The van der Waals surface area contributed by atoms with E-state index in [0.29, 0.717) is 25.1 Å². The Morgan fingerprint density at radius 3 is 2.49 bits per heavy atom. The second-order valence-electron chi connectivity index (χ2n) is 14.1. The van der Waals surface area contributed by atoms with Crippen molar-refractivity contribution in [2.24, 2.45) is 17.3 Å². The van der Waals surface area contributed by atoms with E-state index in [1.54, 1.807) is 36.9 Å². The van der Waals surface area contributed by atoms with Gasteiger partial charge in [-0.25, -0.2) is 17.9 Å². The molecule has 3 aliphatic rings. The number of hydrogen-bond donors (Lipinski definition) is 2. The van der Waals surface area contributed by atoms with Gasteiger partial charge >= 0.3 is 12.1 Å². The molecule has 2 fully saturated rings. The molecule has 1 aliphatic carbocycles. The van der Waals surface area contributed by atoms with E-state index in [4.69, 9.17) is 9.47 Å². The molecule has 0 radical (unpaired) electrons. The number of esters is 1. The monoisotopic (exact) mass is 645 g/mol. The highest BCUT2D eigenvalue weighted by molar-refractivity contribution is 7.89. The number of aliphatic hydroxyl groups is 1. The predicted molar refractivity (Wildman–Crippen MR) is 174 cm³/mol. The highest BCUT2D eigenvalue weighted by Crippen LogP contribution is 2.55. The number of nitrogens with one attached hydrogen (secondary N) is 1. The summed E-state index contributed by atoms with van der Waals surface area (Å²) < 4.78 is 40.8. The van der Waals surface area contributed by atoms with E-state index in [1.807, 2.05) is 32.1 Å². The molecule has 1 spiro atoms. The molecule has 2 N–H and O–H groups in total. The summed E-state index contributed by atoms with van der Waals surface area (Å²) in [5, 5.41) is 9.55. The third-order valence-electron chi connectivity index (χ3n) is 9.28. The number of hydrogen-bond acceptors (Lipinski definition) is 8. The van der Waals surface area contributed by atoms with Gasteiger partial charge < -0.3 is 24.4 Å². The van der Waals surface area contributed by atoms with Gasteiger partial charge in [0.2, 0.25) is 10.0 Å². The summed E-state index contributed by atoms with van der Waals surface area (Å²) >= 11 is 0. The molecule has 4 rings (SSSR count). The molecule has 45 heavy (non-hydrogen) atoms. The lowest BCUT2D eigenvalue weighted by Crippen LogP contribution is -2.48. The zero-order valence-corrected chi connectivity index (χ0v) is 28.4. The molecule has 2 heterocycles. The highest BCUT2D eigenvalue weighted by atomic mass is 32.2. The molecule has 0 unspecified atom stereocenters. The third-order valence-corrected chi connectivity index (χ3v) is 11.0. The summed E-state index contributed by atoms with van der Waals surface area (Å²) in [5.41, 5.74) is 0.271. The van der Waals surface area contributed by atoms with Crippen LogP contribution in [0.4, 0.5) is 4.79 Å². The second-order valence-corrected chi connectivity index (χ2v) is 15.8. The Hall–Kier alpha value is -2.73. The van der Waals surface area contributed by atoms with Crippen LogP contribution in [0, 0.1) is 17.3 Å². The summed E-state index contributed by atoms with van der Waals surface area (Å²) in [7, 11) is -1.83. The van der Waals surface area contributed by atoms with Gasteiger partial charge in [0, 0.05) is 43.9 Å². The second kappa shape index (κ2) is 14.4. The van der Waals surface area contributed by atoms with Crippen LogP contribution >= 0.6 is 0 Å². The van der Waals surface area contributed by atoms with Crippen molar-refractivity contribution >= 4 is 28.2 Å². The normalized spacial score (nSPS) is 27.7. The standard InChI is InChI=1S/C34H51N3O7S/c1-24-12-13-34(14-15-34)29(43-32(40)37-18-16-36(6)17-19-37)11-10-25(2)31(44-30(39)20-24)26(3)21-27-8-7-9-28(22-27)45(41,42)35-33(4,5)23-38/h7-11,21-22,24-25,29,31,35,38H,12-20,23H2,1-6H3/b11-10+,26-21+/t24-,25+,29+,31+/m1/s1. The summed E-state index contributed by atoms with van der Waals surface area (Å²) in [6.45, 7) is 11.7. The van der Waals surface area contributed by atoms with E-state index in [1.165, 1.54) is 6.07 Å². The average Bonchev–Trinajstić information content (AvgIpc) is 3.77. The van der Waals surface area contributed by atoms with E-state index in [9.17, 15) is 23.1 Å². The lowest BCUT2D eigenvalue weighted by molar-refractivity contribution is -0.149. The van der Waals surface area contributed by atoms with E-state index in [0.717, 1.165) is 44.3 Å². The van der Waals surface area contributed by atoms with Gasteiger partial charge in [-0.2, -0.15) is 0 Å². The molecule has 11 heteroatoms. The number of aliphatic hydroxyl groups excluding tert-OH is 1. The maximum Gasteiger partial charge on any atom is 0.410 e. The average molecular weight is 646 g/mol. The van der Waals surface area contributed by atoms with Gasteiger partial charge in [-0.3, -0.25) is 4.79 Å². The maximum atomic E-state index is 13.2. The van der Waals surface area contributed by atoms with Crippen LogP contribution in [-0.4, -0.2) is 93.0 Å². The molecular formula is C34H51N3O7S. The number of cyclic esters (lactones) is 1. The lowest BCUT2D eigenvalue weighted by atomic mass is 9.86. The summed E-state index contributed by atoms with van der Waals surface area (Å²) in [6.07, 6.45) is 8.55. The Morgan fingerprint density at radius 2 is 1.84 bits per heavy atom. The van der Waals surface area contributed by atoms with Crippen LogP contribution in [0.25, 0.3) is 6.08 Å². The number of nitrogens with zero attached hydrogens (tertiary/aromatic N) is 2. The zero-order chi connectivity index (χ0) is 33.0. The van der Waals surface area contributed by atoms with Gasteiger partial charge in [-0.1, -0.05) is 38.1 Å². The van der Waals surface area contributed by atoms with E-state index in [-0.39, 0.29) is 46.9 Å². The van der Waals surface area contributed by atoms with Gasteiger partial charge in [-0.15, -0.1) is 0 Å². The molecule has 1 amide bonds. The molecule has 2 aliphatic heterocycles. The van der Waals surface area contributed by atoms with E-state index >= 15 is 0 Å². The van der Waals surface area contributed by atoms with Crippen LogP contribution in [0.15, 0.2) is 46.9 Å². The van der Waals surface area contributed by atoms with Gasteiger partial charge in [0.15, 0.2) is 0 Å². The van der Waals surface area contributed by atoms with E-state index < -0.39 is 21.7 Å². The van der Waals surface area contributed by atoms with Gasteiger partial charge in [-0.05, 0) is 88.8 Å². The number of sulfonamides is 1. The predicted octanol–water partition coefficient (Wildman–Crippen LogP) is 4.60. The van der Waals surface area contributed by atoms with E-state index in [2.05, 4.69) is 23.6 Å². The van der Waals surface area contributed by atoms with Crippen molar-refractivity contribution < 1.29 is 32.6 Å². The number of carbonyl (C=O) groups is 2. The smallest absolute Gasteiger partial charge is 0.410 e. The first kappa shape index (κ1) is 35.1. The van der Waals surface area contributed by atoms with Crippen molar-refractivity contribution in [2.75, 3.05) is 39.8 Å². The van der Waals surface area contributed by atoms with Gasteiger partial charge in [0.25, 0.3) is 0 Å². The minimum absolute atomic E-state index is 0.0720. The van der Waals surface area contributed by atoms with Crippen molar-refractivity contribution in [1.29, 1.82) is 0 Å². The fraction of sp³-hybridized carbons (Fsp3) is 0.647. The molecule has 1 aromatic rings. The fourth-order valence-electron chi connectivity index (χ4n) is 6.05. The van der Waals surface area contributed by atoms with Gasteiger partial charge in [0.1, 0.15) is 12.2 Å². The van der Waals surface area contributed by atoms with Crippen LogP contribution in [0.2, 0.25) is 0 Å².